The van der Waals surface area contributed by atoms with E-state index in [2.05, 4.69) is 15.1 Å². The number of nitrogens with one attached hydrogen (secondary N) is 1. The van der Waals surface area contributed by atoms with E-state index in [1.807, 2.05) is 4.90 Å². The normalized spacial score (nSPS) is 20.8. The summed E-state index contributed by atoms with van der Waals surface area (Å²) in [4.78, 5) is 28.6. The first-order valence-electron chi connectivity index (χ1n) is 12.1. The Morgan fingerprint density at radius 2 is 1.71 bits per heavy atom. The van der Waals surface area contributed by atoms with Crippen LogP contribution in [0, 0.1) is 0 Å². The summed E-state index contributed by atoms with van der Waals surface area (Å²) in [7, 11) is 1.56. The number of β-amino-alcohol motifs (C(OH)–C–C–N with tert-alkyl or cyclic N) is 1. The summed E-state index contributed by atoms with van der Waals surface area (Å²) in [6.45, 7) is 5.13. The molecule has 0 saturated carbocycles. The van der Waals surface area contributed by atoms with Gasteiger partial charge in [-0.2, -0.15) is 9.97 Å². The minimum Gasteiger partial charge on any atom is -0.497 e. The average molecular weight is 469 g/mol. The Hall–Kier alpha value is -3.11. The third-order valence-electron chi connectivity index (χ3n) is 6.87. The molecule has 10 nitrogen and oxygen atoms in total. The highest BCUT2D eigenvalue weighted by molar-refractivity contribution is 6.01. The largest absolute Gasteiger partial charge is 0.497 e. The van der Waals surface area contributed by atoms with Crippen LogP contribution in [-0.4, -0.2) is 85.3 Å². The van der Waals surface area contributed by atoms with Crippen LogP contribution in [0.3, 0.4) is 0 Å². The molecule has 34 heavy (non-hydrogen) atoms. The van der Waals surface area contributed by atoms with E-state index >= 15 is 0 Å². The molecule has 1 aromatic carbocycles. The van der Waals surface area contributed by atoms with Crippen molar-refractivity contribution in [3.63, 3.8) is 0 Å². The molecule has 3 aliphatic rings. The van der Waals surface area contributed by atoms with Gasteiger partial charge in [0.05, 0.1) is 18.2 Å². The Labute approximate surface area is 199 Å². The monoisotopic (exact) mass is 468 g/mol. The van der Waals surface area contributed by atoms with Crippen LogP contribution in [0.5, 0.6) is 5.75 Å². The van der Waals surface area contributed by atoms with Crippen molar-refractivity contribution in [2.75, 3.05) is 67.6 Å². The van der Waals surface area contributed by atoms with Gasteiger partial charge in [0.15, 0.2) is 0 Å². The van der Waals surface area contributed by atoms with Crippen molar-refractivity contribution in [3.05, 3.63) is 23.8 Å². The van der Waals surface area contributed by atoms with E-state index in [1.165, 1.54) is 0 Å². The van der Waals surface area contributed by atoms with Gasteiger partial charge in [-0.3, -0.25) is 0 Å². The van der Waals surface area contributed by atoms with E-state index in [9.17, 15) is 15.0 Å². The van der Waals surface area contributed by atoms with Gasteiger partial charge in [-0.05, 0) is 43.9 Å². The second kappa shape index (κ2) is 9.63. The fourth-order valence-corrected chi connectivity index (χ4v) is 5.07. The third kappa shape index (κ3) is 4.23. The number of carboxylic acid groups (broad SMARTS) is 1. The molecule has 10 heteroatoms. The maximum atomic E-state index is 12.3. The van der Waals surface area contributed by atoms with Crippen molar-refractivity contribution in [3.8, 4) is 16.9 Å². The zero-order valence-corrected chi connectivity index (χ0v) is 19.5. The Morgan fingerprint density at radius 1 is 1.03 bits per heavy atom. The topological polar surface area (TPSA) is 114 Å². The van der Waals surface area contributed by atoms with Crippen molar-refractivity contribution < 1.29 is 19.7 Å². The molecular formula is C24H32N6O4. The van der Waals surface area contributed by atoms with Crippen molar-refractivity contribution in [1.82, 2.24) is 15.3 Å². The minimum absolute atomic E-state index is 0.157. The smallest absolute Gasteiger partial charge is 0.336 e. The highest BCUT2D eigenvalue weighted by atomic mass is 16.5. The number of hydrogen-bond acceptors (Lipinski definition) is 9. The van der Waals surface area contributed by atoms with Crippen LogP contribution in [0.25, 0.3) is 11.1 Å². The Morgan fingerprint density at radius 3 is 2.35 bits per heavy atom. The number of piperazine rings is 1. The number of benzene rings is 1. The number of methoxy groups -OCH3 is 1. The molecule has 1 aromatic heterocycles. The van der Waals surface area contributed by atoms with E-state index < -0.39 is 12.2 Å². The highest BCUT2D eigenvalue weighted by Crippen LogP contribution is 2.43. The number of ether oxygens (including phenoxy) is 1. The van der Waals surface area contributed by atoms with Gasteiger partial charge in [0.2, 0.25) is 5.95 Å². The molecule has 0 radical (unpaired) electrons. The third-order valence-corrected chi connectivity index (χ3v) is 6.87. The molecule has 0 spiro atoms. The number of rotatable bonds is 6. The lowest BCUT2D eigenvalue weighted by Gasteiger charge is -2.36. The molecule has 0 aliphatic carbocycles. The number of aromatic nitrogens is 2. The van der Waals surface area contributed by atoms with Crippen molar-refractivity contribution >= 4 is 23.6 Å². The van der Waals surface area contributed by atoms with Gasteiger partial charge < -0.3 is 35.0 Å². The first-order valence-corrected chi connectivity index (χ1v) is 12.1. The molecule has 3 fully saturated rings. The van der Waals surface area contributed by atoms with Crippen LogP contribution < -0.4 is 24.8 Å². The predicted molar refractivity (Wildman–Crippen MR) is 130 cm³/mol. The van der Waals surface area contributed by atoms with Gasteiger partial charge in [0, 0.05) is 51.4 Å². The van der Waals surface area contributed by atoms with Gasteiger partial charge in [-0.15, -0.1) is 0 Å². The molecule has 182 valence electrons. The lowest BCUT2D eigenvalue weighted by atomic mass is 9.98. The van der Waals surface area contributed by atoms with Crippen molar-refractivity contribution in [2.45, 2.75) is 31.9 Å². The van der Waals surface area contributed by atoms with Crippen molar-refractivity contribution in [1.29, 1.82) is 0 Å². The summed E-state index contributed by atoms with van der Waals surface area (Å²) >= 11 is 0. The zero-order valence-electron chi connectivity index (χ0n) is 19.5. The fraction of sp³-hybridized carbons (Fsp3) is 0.542. The minimum atomic E-state index is -1.03. The van der Waals surface area contributed by atoms with Crippen LogP contribution in [0.2, 0.25) is 0 Å². The Kier molecular flexibility index (Phi) is 6.42. The average Bonchev–Trinajstić information content (AvgIpc) is 3.58. The summed E-state index contributed by atoms with van der Waals surface area (Å²) in [6, 6.07) is 4.97. The van der Waals surface area contributed by atoms with Gasteiger partial charge >= 0.3 is 5.97 Å². The zero-order chi connectivity index (χ0) is 23.7. The Bertz CT molecular complexity index is 1050. The number of anilines is 3. The fourth-order valence-electron chi connectivity index (χ4n) is 5.07. The van der Waals surface area contributed by atoms with Gasteiger partial charge in [0.1, 0.15) is 23.6 Å². The quantitative estimate of drug-likeness (QED) is 0.580. The maximum Gasteiger partial charge on any atom is 0.336 e. The van der Waals surface area contributed by atoms with E-state index in [-0.39, 0.29) is 5.56 Å². The number of carbonyl (C=O) groups is 1. The molecule has 3 N–H and O–H groups in total. The second-order valence-corrected chi connectivity index (χ2v) is 9.03. The van der Waals surface area contributed by atoms with Crippen LogP contribution in [-0.2, 0) is 0 Å². The second-order valence-electron chi connectivity index (χ2n) is 9.03. The lowest BCUT2D eigenvalue weighted by molar-refractivity contribution is 0.0697. The van der Waals surface area contributed by atoms with Crippen LogP contribution in [0.4, 0.5) is 17.6 Å². The Balaban J connectivity index is 1.79. The molecular weight excluding hydrogens is 436 g/mol. The SMILES string of the molecule is COc1ccc(C(=O)O)c(-c2c(N3CCCC3)nc(N3CCCC3)nc2N2CCNCC2O)c1. The number of aromatic carboxylic acids is 1. The summed E-state index contributed by atoms with van der Waals surface area (Å²) in [6.07, 6.45) is 3.51. The molecule has 3 aliphatic heterocycles. The van der Waals surface area contributed by atoms with Gasteiger partial charge in [0.25, 0.3) is 0 Å². The van der Waals surface area contributed by atoms with E-state index in [0.717, 1.165) is 57.7 Å². The van der Waals surface area contributed by atoms with Crippen LogP contribution in [0.15, 0.2) is 18.2 Å². The number of aliphatic hydroxyl groups is 1. The lowest BCUT2D eigenvalue weighted by Crippen LogP contribution is -2.52. The predicted octanol–water partition coefficient (Wildman–Crippen LogP) is 1.78. The van der Waals surface area contributed by atoms with Gasteiger partial charge in [-0.25, -0.2) is 4.79 Å². The molecule has 2 aromatic rings. The summed E-state index contributed by atoms with van der Waals surface area (Å²) in [5.41, 5.74) is 1.30. The number of carboxylic acids is 1. The number of hydrogen-bond donors (Lipinski definition) is 3. The summed E-state index contributed by atoms with van der Waals surface area (Å²) in [5.74, 6) is 1.47. The summed E-state index contributed by atoms with van der Waals surface area (Å²) in [5, 5.41) is 24.2. The van der Waals surface area contributed by atoms with Crippen molar-refractivity contribution in [2.24, 2.45) is 0 Å². The maximum absolute atomic E-state index is 12.3. The molecule has 4 heterocycles. The first-order chi connectivity index (χ1) is 16.6. The number of aliphatic hydroxyl groups excluding tert-OH is 1. The van der Waals surface area contributed by atoms with E-state index in [1.54, 1.807) is 25.3 Å². The standard InChI is InChI=1S/C24H32N6O4/c1-34-16-6-7-17(23(32)33)18(14-16)20-21(28-9-2-3-10-28)26-24(29-11-4-5-12-29)27-22(20)30-13-8-25-15-19(30)31/h6-7,14,19,25,31H,2-5,8-13,15H2,1H3,(H,32,33). The molecule has 0 amide bonds. The summed E-state index contributed by atoms with van der Waals surface area (Å²) < 4.78 is 5.46. The molecule has 5 rings (SSSR count). The van der Waals surface area contributed by atoms with Crippen LogP contribution >= 0.6 is 0 Å². The molecule has 1 atom stereocenters. The highest BCUT2D eigenvalue weighted by Gasteiger charge is 2.33. The van der Waals surface area contributed by atoms with Crippen LogP contribution in [0.1, 0.15) is 36.0 Å². The first kappa shape index (κ1) is 22.7. The molecule has 3 saturated heterocycles. The molecule has 1 unspecified atom stereocenters. The molecule has 0 bridgehead atoms. The van der Waals surface area contributed by atoms with E-state index in [4.69, 9.17) is 14.7 Å². The van der Waals surface area contributed by atoms with Gasteiger partial charge in [-0.1, -0.05) is 0 Å². The van der Waals surface area contributed by atoms with E-state index in [0.29, 0.717) is 48.3 Å². The number of nitrogens with zero attached hydrogens (tertiary/aromatic N) is 5.